The maximum Gasteiger partial charge on any atom is 0.159 e. The normalized spacial score (nSPS) is 10.7. The van der Waals surface area contributed by atoms with Gasteiger partial charge >= 0.3 is 0 Å². The number of rotatable bonds is 5. The summed E-state index contributed by atoms with van der Waals surface area (Å²) in [4.78, 5) is 4.92. The van der Waals surface area contributed by atoms with E-state index in [9.17, 15) is 8.78 Å². The second kappa shape index (κ2) is 6.63. The van der Waals surface area contributed by atoms with Crippen LogP contribution in [-0.4, -0.2) is 11.5 Å². The number of hydrogen-bond acceptors (Lipinski definition) is 3. The Morgan fingerprint density at radius 2 is 2.00 bits per heavy atom. The number of nitrogens with zero attached hydrogens (tertiary/aromatic N) is 1. The van der Waals surface area contributed by atoms with Crippen LogP contribution < -0.4 is 5.32 Å². The molecule has 1 aromatic carbocycles. The number of aromatic nitrogens is 1. The SMILES string of the molecule is CCNCc1ccc(Sc2ccc(F)c(F)c2)nc1. The fraction of sp³-hybridized carbons (Fsp3) is 0.214. The molecule has 0 aliphatic rings. The second-order valence-corrected chi connectivity index (χ2v) is 5.06. The highest BCUT2D eigenvalue weighted by atomic mass is 32.2. The van der Waals surface area contributed by atoms with Gasteiger partial charge in [-0.15, -0.1) is 0 Å². The third-order valence-corrected chi connectivity index (χ3v) is 3.43. The maximum atomic E-state index is 13.1. The van der Waals surface area contributed by atoms with Crippen molar-refractivity contribution in [2.75, 3.05) is 6.54 Å². The van der Waals surface area contributed by atoms with Crippen molar-refractivity contribution in [2.45, 2.75) is 23.4 Å². The molecule has 0 radical (unpaired) electrons. The molecule has 0 bridgehead atoms. The molecule has 0 aliphatic carbocycles. The highest BCUT2D eigenvalue weighted by Gasteiger charge is 2.04. The van der Waals surface area contributed by atoms with Crippen LogP contribution in [0.1, 0.15) is 12.5 Å². The molecule has 1 heterocycles. The molecule has 1 N–H and O–H groups in total. The Morgan fingerprint density at radius 3 is 2.63 bits per heavy atom. The first-order valence-electron chi connectivity index (χ1n) is 5.97. The van der Waals surface area contributed by atoms with Gasteiger partial charge in [0.1, 0.15) is 5.03 Å². The highest BCUT2D eigenvalue weighted by molar-refractivity contribution is 7.99. The Morgan fingerprint density at radius 1 is 1.16 bits per heavy atom. The summed E-state index contributed by atoms with van der Waals surface area (Å²) in [7, 11) is 0. The topological polar surface area (TPSA) is 24.9 Å². The lowest BCUT2D eigenvalue weighted by Crippen LogP contribution is -2.11. The van der Waals surface area contributed by atoms with Crippen LogP contribution in [-0.2, 0) is 6.54 Å². The summed E-state index contributed by atoms with van der Waals surface area (Å²) in [5.74, 6) is -1.67. The Bertz CT molecular complexity index is 544. The van der Waals surface area contributed by atoms with Crippen LogP contribution in [0.3, 0.4) is 0 Å². The van der Waals surface area contributed by atoms with Gasteiger partial charge in [-0.05, 0) is 36.4 Å². The van der Waals surface area contributed by atoms with E-state index in [2.05, 4.69) is 10.3 Å². The summed E-state index contributed by atoms with van der Waals surface area (Å²) in [5, 5.41) is 3.97. The smallest absolute Gasteiger partial charge is 0.159 e. The summed E-state index contributed by atoms with van der Waals surface area (Å²) in [6, 6.07) is 7.68. The lowest BCUT2D eigenvalue weighted by molar-refractivity contribution is 0.506. The van der Waals surface area contributed by atoms with Gasteiger partial charge < -0.3 is 5.32 Å². The van der Waals surface area contributed by atoms with E-state index in [0.717, 1.165) is 29.7 Å². The lowest BCUT2D eigenvalue weighted by Gasteiger charge is -2.04. The van der Waals surface area contributed by atoms with Gasteiger partial charge in [-0.3, -0.25) is 0 Å². The first-order chi connectivity index (χ1) is 9.19. The molecule has 0 saturated carbocycles. The molecular weight excluding hydrogens is 266 g/mol. The van der Waals surface area contributed by atoms with Crippen LogP contribution >= 0.6 is 11.8 Å². The van der Waals surface area contributed by atoms with Crippen molar-refractivity contribution >= 4 is 11.8 Å². The molecule has 0 fully saturated rings. The van der Waals surface area contributed by atoms with E-state index in [1.807, 2.05) is 19.1 Å². The van der Waals surface area contributed by atoms with Crippen molar-refractivity contribution in [2.24, 2.45) is 0 Å². The van der Waals surface area contributed by atoms with Gasteiger partial charge in [-0.1, -0.05) is 24.8 Å². The largest absolute Gasteiger partial charge is 0.313 e. The van der Waals surface area contributed by atoms with E-state index in [4.69, 9.17) is 0 Å². The van der Waals surface area contributed by atoms with E-state index in [-0.39, 0.29) is 0 Å². The van der Waals surface area contributed by atoms with Crippen molar-refractivity contribution < 1.29 is 8.78 Å². The number of nitrogens with one attached hydrogen (secondary N) is 1. The zero-order valence-corrected chi connectivity index (χ0v) is 11.3. The van der Waals surface area contributed by atoms with E-state index in [0.29, 0.717) is 4.90 Å². The van der Waals surface area contributed by atoms with Gasteiger partial charge in [0, 0.05) is 17.6 Å². The van der Waals surface area contributed by atoms with Gasteiger partial charge in [-0.25, -0.2) is 13.8 Å². The van der Waals surface area contributed by atoms with E-state index in [1.54, 1.807) is 6.20 Å². The molecule has 100 valence electrons. The highest BCUT2D eigenvalue weighted by Crippen LogP contribution is 2.27. The molecule has 5 heteroatoms. The first kappa shape index (κ1) is 14.0. The Kier molecular flexibility index (Phi) is 4.87. The number of pyridine rings is 1. The van der Waals surface area contributed by atoms with Crippen molar-refractivity contribution in [3.8, 4) is 0 Å². The summed E-state index contributed by atoms with van der Waals surface area (Å²) in [6.45, 7) is 3.73. The minimum atomic E-state index is -0.839. The van der Waals surface area contributed by atoms with E-state index in [1.165, 1.54) is 23.9 Å². The van der Waals surface area contributed by atoms with Crippen LogP contribution in [0.25, 0.3) is 0 Å². The zero-order valence-electron chi connectivity index (χ0n) is 10.5. The first-order valence-corrected chi connectivity index (χ1v) is 6.79. The lowest BCUT2D eigenvalue weighted by atomic mass is 10.3. The molecule has 0 amide bonds. The van der Waals surface area contributed by atoms with Gasteiger partial charge in [0.15, 0.2) is 11.6 Å². The maximum absolute atomic E-state index is 13.1. The van der Waals surface area contributed by atoms with Gasteiger partial charge in [0.25, 0.3) is 0 Å². The van der Waals surface area contributed by atoms with E-state index >= 15 is 0 Å². The monoisotopic (exact) mass is 280 g/mol. The van der Waals surface area contributed by atoms with Crippen LogP contribution in [0, 0.1) is 11.6 Å². The predicted molar refractivity (Wildman–Crippen MR) is 72.1 cm³/mol. The second-order valence-electron chi connectivity index (χ2n) is 3.96. The number of halogens is 2. The average Bonchev–Trinajstić information content (AvgIpc) is 2.42. The fourth-order valence-corrected chi connectivity index (χ4v) is 2.29. The van der Waals surface area contributed by atoms with Crippen LogP contribution in [0.5, 0.6) is 0 Å². The van der Waals surface area contributed by atoms with Crippen LogP contribution in [0.15, 0.2) is 46.5 Å². The van der Waals surface area contributed by atoms with Gasteiger partial charge in [-0.2, -0.15) is 0 Å². The van der Waals surface area contributed by atoms with Gasteiger partial charge in [0.05, 0.1) is 0 Å². The number of hydrogen-bond donors (Lipinski definition) is 1. The van der Waals surface area contributed by atoms with Crippen molar-refractivity contribution in [3.63, 3.8) is 0 Å². The Balaban J connectivity index is 2.04. The molecule has 0 unspecified atom stereocenters. The summed E-state index contributed by atoms with van der Waals surface area (Å²) < 4.78 is 25.9. The zero-order chi connectivity index (χ0) is 13.7. The standard InChI is InChI=1S/C14H14F2N2S/c1-2-17-8-10-3-6-14(18-9-10)19-11-4-5-12(15)13(16)7-11/h3-7,9,17H,2,8H2,1H3. The molecule has 0 atom stereocenters. The third-order valence-electron chi connectivity index (χ3n) is 2.49. The minimum absolute atomic E-state index is 0.630. The molecular formula is C14H14F2N2S. The molecule has 0 aliphatic heterocycles. The van der Waals surface area contributed by atoms with Gasteiger partial charge in [0.2, 0.25) is 0 Å². The average molecular weight is 280 g/mol. The van der Waals surface area contributed by atoms with Crippen LogP contribution in [0.2, 0.25) is 0 Å². The number of benzene rings is 1. The molecule has 0 saturated heterocycles. The molecule has 2 nitrogen and oxygen atoms in total. The summed E-state index contributed by atoms with van der Waals surface area (Å²) >= 11 is 1.30. The van der Waals surface area contributed by atoms with E-state index < -0.39 is 11.6 Å². The van der Waals surface area contributed by atoms with Crippen molar-refractivity contribution in [1.29, 1.82) is 0 Å². The summed E-state index contributed by atoms with van der Waals surface area (Å²) in [6.07, 6.45) is 1.78. The minimum Gasteiger partial charge on any atom is -0.313 e. The van der Waals surface area contributed by atoms with Crippen LogP contribution in [0.4, 0.5) is 8.78 Å². The molecule has 1 aromatic heterocycles. The Labute approximate surface area is 115 Å². The fourth-order valence-electron chi connectivity index (χ4n) is 1.51. The Hall–Kier alpha value is -1.46. The molecule has 0 spiro atoms. The molecule has 2 rings (SSSR count). The molecule has 2 aromatic rings. The molecule has 19 heavy (non-hydrogen) atoms. The predicted octanol–water partition coefficient (Wildman–Crippen LogP) is 3.62. The van der Waals surface area contributed by atoms with Crippen molar-refractivity contribution in [3.05, 3.63) is 53.7 Å². The quantitative estimate of drug-likeness (QED) is 0.905. The summed E-state index contributed by atoms with van der Waals surface area (Å²) in [5.41, 5.74) is 1.09. The third kappa shape index (κ3) is 4.01. The van der Waals surface area contributed by atoms with Crippen molar-refractivity contribution in [1.82, 2.24) is 10.3 Å².